The van der Waals surface area contributed by atoms with E-state index in [1.165, 1.54) is 0 Å². The van der Waals surface area contributed by atoms with Crippen LogP contribution in [0.2, 0.25) is 0 Å². The summed E-state index contributed by atoms with van der Waals surface area (Å²) in [7, 11) is 0. The molecule has 1 aromatic carbocycles. The van der Waals surface area contributed by atoms with Crippen molar-refractivity contribution < 1.29 is 9.59 Å². The molecule has 2 amide bonds. The zero-order chi connectivity index (χ0) is 17.5. The first-order valence-corrected chi connectivity index (χ1v) is 8.90. The van der Waals surface area contributed by atoms with Crippen LogP contribution in [0.4, 0.5) is 0 Å². The zero-order valence-electron chi connectivity index (χ0n) is 14.8. The second-order valence-corrected chi connectivity index (χ2v) is 6.79. The van der Waals surface area contributed by atoms with E-state index in [1.54, 1.807) is 12.1 Å². The fraction of sp³-hybridized carbons (Fsp3) is 0.579. The Kier molecular flexibility index (Phi) is 6.79. The highest BCUT2D eigenvalue weighted by Crippen LogP contribution is 2.14. The molecule has 1 saturated heterocycles. The number of carbonyl (C=O) groups excluding carboxylic acids is 2. The average Bonchev–Trinajstić information content (AvgIpc) is 2.61. The molecule has 0 bridgehead atoms. The maximum Gasteiger partial charge on any atom is 0.251 e. The SMILES string of the molecule is CCC(C)C(NC(=O)c1ccccc1)C(=O)NC1CCNCC1C. The van der Waals surface area contributed by atoms with E-state index in [1.807, 2.05) is 32.0 Å². The van der Waals surface area contributed by atoms with Crippen LogP contribution in [0.3, 0.4) is 0 Å². The Morgan fingerprint density at radius 3 is 2.62 bits per heavy atom. The molecular formula is C19H29N3O2. The van der Waals surface area contributed by atoms with Crippen molar-refractivity contribution in [3.63, 3.8) is 0 Å². The van der Waals surface area contributed by atoms with E-state index < -0.39 is 6.04 Å². The molecule has 4 unspecified atom stereocenters. The van der Waals surface area contributed by atoms with Crippen molar-refractivity contribution in [3.05, 3.63) is 35.9 Å². The minimum Gasteiger partial charge on any atom is -0.351 e. The number of benzene rings is 1. The second kappa shape index (κ2) is 8.83. The molecule has 1 aliphatic heterocycles. The van der Waals surface area contributed by atoms with Gasteiger partial charge in [-0.2, -0.15) is 0 Å². The van der Waals surface area contributed by atoms with Gasteiger partial charge >= 0.3 is 0 Å². The quantitative estimate of drug-likeness (QED) is 0.746. The molecule has 5 heteroatoms. The van der Waals surface area contributed by atoms with Gasteiger partial charge in [0, 0.05) is 11.6 Å². The predicted molar refractivity (Wildman–Crippen MR) is 95.7 cm³/mol. The maximum atomic E-state index is 12.8. The Morgan fingerprint density at radius 2 is 2.00 bits per heavy atom. The fourth-order valence-electron chi connectivity index (χ4n) is 3.02. The van der Waals surface area contributed by atoms with Crippen LogP contribution < -0.4 is 16.0 Å². The molecule has 4 atom stereocenters. The largest absolute Gasteiger partial charge is 0.351 e. The van der Waals surface area contributed by atoms with E-state index in [4.69, 9.17) is 0 Å². The minimum atomic E-state index is -0.509. The van der Waals surface area contributed by atoms with Crippen molar-refractivity contribution in [2.75, 3.05) is 13.1 Å². The van der Waals surface area contributed by atoms with Crippen molar-refractivity contribution >= 4 is 11.8 Å². The van der Waals surface area contributed by atoms with Gasteiger partial charge in [-0.05, 0) is 43.5 Å². The first-order chi connectivity index (χ1) is 11.5. The number of amides is 2. The molecule has 132 valence electrons. The van der Waals surface area contributed by atoms with Gasteiger partial charge in [0.2, 0.25) is 5.91 Å². The summed E-state index contributed by atoms with van der Waals surface area (Å²) in [6, 6.07) is 8.69. The van der Waals surface area contributed by atoms with E-state index >= 15 is 0 Å². The number of rotatable bonds is 6. The van der Waals surface area contributed by atoms with Crippen molar-refractivity contribution in [1.29, 1.82) is 0 Å². The third-order valence-corrected chi connectivity index (χ3v) is 4.93. The third-order valence-electron chi connectivity index (χ3n) is 4.93. The molecule has 1 aliphatic rings. The van der Waals surface area contributed by atoms with Crippen LogP contribution in [0.25, 0.3) is 0 Å². The second-order valence-electron chi connectivity index (χ2n) is 6.79. The number of piperidine rings is 1. The summed E-state index contributed by atoms with van der Waals surface area (Å²) in [6.45, 7) is 8.00. The maximum absolute atomic E-state index is 12.8. The van der Waals surface area contributed by atoms with Crippen molar-refractivity contribution in [2.24, 2.45) is 11.8 Å². The van der Waals surface area contributed by atoms with Crippen LogP contribution in [-0.2, 0) is 4.79 Å². The van der Waals surface area contributed by atoms with Crippen LogP contribution in [0.15, 0.2) is 30.3 Å². The highest BCUT2D eigenvalue weighted by molar-refractivity contribution is 5.97. The van der Waals surface area contributed by atoms with E-state index in [0.29, 0.717) is 11.5 Å². The number of hydrogen-bond donors (Lipinski definition) is 3. The molecule has 2 rings (SSSR count). The molecular weight excluding hydrogens is 302 g/mol. The lowest BCUT2D eigenvalue weighted by molar-refractivity contribution is -0.125. The van der Waals surface area contributed by atoms with Crippen molar-refractivity contribution in [2.45, 2.75) is 45.7 Å². The van der Waals surface area contributed by atoms with Gasteiger partial charge < -0.3 is 16.0 Å². The summed E-state index contributed by atoms with van der Waals surface area (Å²) in [4.78, 5) is 25.2. The Morgan fingerprint density at radius 1 is 1.29 bits per heavy atom. The molecule has 0 radical (unpaired) electrons. The average molecular weight is 331 g/mol. The standard InChI is InChI=1S/C19H29N3O2/c1-4-13(2)17(22-18(23)15-8-6-5-7-9-15)19(24)21-16-10-11-20-12-14(16)3/h5-9,13-14,16-17,20H,4,10-12H2,1-3H3,(H,21,24)(H,22,23). The minimum absolute atomic E-state index is 0.0765. The number of carbonyl (C=O) groups is 2. The molecule has 0 aliphatic carbocycles. The Balaban J connectivity index is 2.04. The van der Waals surface area contributed by atoms with E-state index in [0.717, 1.165) is 25.9 Å². The molecule has 0 aromatic heterocycles. The van der Waals surface area contributed by atoms with Crippen molar-refractivity contribution in [1.82, 2.24) is 16.0 Å². The smallest absolute Gasteiger partial charge is 0.251 e. The van der Waals surface area contributed by atoms with Gasteiger partial charge in [-0.25, -0.2) is 0 Å². The van der Waals surface area contributed by atoms with Crippen LogP contribution in [0, 0.1) is 11.8 Å². The van der Waals surface area contributed by atoms with Gasteiger partial charge in [-0.3, -0.25) is 9.59 Å². The molecule has 3 N–H and O–H groups in total. The molecule has 1 aromatic rings. The molecule has 1 heterocycles. The Hall–Kier alpha value is -1.88. The van der Waals surface area contributed by atoms with E-state index in [9.17, 15) is 9.59 Å². The lowest BCUT2D eigenvalue weighted by Crippen LogP contribution is -2.56. The molecule has 0 saturated carbocycles. The first kappa shape index (κ1) is 18.5. The van der Waals surface area contributed by atoms with Gasteiger partial charge in [-0.1, -0.05) is 45.4 Å². The number of nitrogens with one attached hydrogen (secondary N) is 3. The van der Waals surface area contributed by atoms with Crippen LogP contribution >= 0.6 is 0 Å². The summed E-state index contributed by atoms with van der Waals surface area (Å²) in [6.07, 6.45) is 1.75. The highest BCUT2D eigenvalue weighted by atomic mass is 16.2. The monoisotopic (exact) mass is 331 g/mol. The van der Waals surface area contributed by atoms with Crippen LogP contribution in [0.1, 0.15) is 44.0 Å². The van der Waals surface area contributed by atoms with Gasteiger partial charge in [0.25, 0.3) is 5.91 Å². The summed E-state index contributed by atoms with van der Waals surface area (Å²) in [5.41, 5.74) is 0.578. The van der Waals surface area contributed by atoms with Gasteiger partial charge in [0.05, 0.1) is 0 Å². The fourth-order valence-corrected chi connectivity index (χ4v) is 3.02. The third kappa shape index (κ3) is 4.81. The molecule has 5 nitrogen and oxygen atoms in total. The summed E-state index contributed by atoms with van der Waals surface area (Å²) in [5, 5.41) is 9.40. The van der Waals surface area contributed by atoms with Gasteiger partial charge in [-0.15, -0.1) is 0 Å². The van der Waals surface area contributed by atoms with Crippen LogP contribution in [0.5, 0.6) is 0 Å². The Bertz CT molecular complexity index is 547. The predicted octanol–water partition coefficient (Wildman–Crippen LogP) is 1.95. The molecule has 0 spiro atoms. The summed E-state index contributed by atoms with van der Waals surface area (Å²) in [5.74, 6) is 0.196. The number of hydrogen-bond acceptors (Lipinski definition) is 3. The lowest BCUT2D eigenvalue weighted by Gasteiger charge is -2.32. The first-order valence-electron chi connectivity index (χ1n) is 8.90. The van der Waals surface area contributed by atoms with E-state index in [-0.39, 0.29) is 23.8 Å². The molecule has 1 fully saturated rings. The summed E-state index contributed by atoms with van der Waals surface area (Å²) >= 11 is 0. The topological polar surface area (TPSA) is 70.2 Å². The highest BCUT2D eigenvalue weighted by Gasteiger charge is 2.30. The lowest BCUT2D eigenvalue weighted by atomic mass is 9.93. The molecule has 24 heavy (non-hydrogen) atoms. The van der Waals surface area contributed by atoms with Gasteiger partial charge in [0.1, 0.15) is 6.04 Å². The van der Waals surface area contributed by atoms with Crippen LogP contribution in [-0.4, -0.2) is 37.0 Å². The van der Waals surface area contributed by atoms with E-state index in [2.05, 4.69) is 22.9 Å². The Labute approximate surface area is 144 Å². The zero-order valence-corrected chi connectivity index (χ0v) is 14.8. The van der Waals surface area contributed by atoms with Gasteiger partial charge in [0.15, 0.2) is 0 Å². The normalized spacial score (nSPS) is 23.1. The summed E-state index contributed by atoms with van der Waals surface area (Å²) < 4.78 is 0. The van der Waals surface area contributed by atoms with Crippen molar-refractivity contribution in [3.8, 4) is 0 Å².